The fourth-order valence-electron chi connectivity index (χ4n) is 1.95. The molecule has 0 aliphatic rings. The Hall–Kier alpha value is -1.47. The summed E-state index contributed by atoms with van der Waals surface area (Å²) in [6.07, 6.45) is 0. The first-order chi connectivity index (χ1) is 9.93. The van der Waals surface area contributed by atoms with Crippen LogP contribution in [0.25, 0.3) is 0 Å². The third-order valence-corrected chi connectivity index (χ3v) is 5.67. The maximum atomic E-state index is 6.23. The minimum absolute atomic E-state index is 0.674. The lowest BCUT2D eigenvalue weighted by Crippen LogP contribution is -2.13. The van der Waals surface area contributed by atoms with Crippen molar-refractivity contribution in [1.82, 2.24) is 0 Å². The van der Waals surface area contributed by atoms with Gasteiger partial charge in [0.2, 0.25) is 0 Å². The van der Waals surface area contributed by atoms with Crippen LogP contribution in [-0.4, -0.2) is 0 Å². The van der Waals surface area contributed by atoms with Crippen LogP contribution in [0, 0.1) is 0 Å². The smallest absolute Gasteiger partial charge is 0.0922 e. The Morgan fingerprint density at radius 1 is 0.750 bits per heavy atom. The second-order valence-corrected chi connectivity index (χ2v) is 7.23. The molecule has 0 aliphatic heterocycles. The average Bonchev–Trinajstić information content (AvgIpc) is 3.03. The van der Waals surface area contributed by atoms with Crippen molar-refractivity contribution in [2.75, 3.05) is 0 Å². The zero-order valence-electron chi connectivity index (χ0n) is 11.0. The normalized spacial score (nSPS) is 10.8. The van der Waals surface area contributed by atoms with Crippen molar-refractivity contribution < 1.29 is 4.52 Å². The number of thiophene rings is 1. The summed E-state index contributed by atoms with van der Waals surface area (Å²) in [4.78, 5) is 1.27. The standard InChI is InChI=1S/C17H15OPS/c1-3-8-15(9-4-1)19(16-10-5-2-6-11-16)18-14-17-12-7-13-20-17/h1-13H,14H2. The predicted octanol–water partition coefficient (Wildman–Crippen LogP) is 4.31. The van der Waals surface area contributed by atoms with Gasteiger partial charge in [-0.25, -0.2) is 0 Å². The van der Waals surface area contributed by atoms with Crippen LogP contribution in [0.15, 0.2) is 78.2 Å². The van der Waals surface area contributed by atoms with Crippen molar-refractivity contribution in [3.8, 4) is 0 Å². The zero-order valence-corrected chi connectivity index (χ0v) is 12.7. The summed E-state index contributed by atoms with van der Waals surface area (Å²) in [5, 5.41) is 4.60. The molecule has 3 aromatic rings. The van der Waals surface area contributed by atoms with Gasteiger partial charge in [0.15, 0.2) is 0 Å². The van der Waals surface area contributed by atoms with E-state index in [1.165, 1.54) is 15.5 Å². The Bertz CT molecular complexity index is 583. The van der Waals surface area contributed by atoms with Crippen LogP contribution in [0.4, 0.5) is 0 Å². The van der Waals surface area contributed by atoms with Gasteiger partial charge in [-0.1, -0.05) is 66.7 Å². The lowest BCUT2D eigenvalue weighted by molar-refractivity contribution is 0.355. The molecule has 0 bridgehead atoms. The topological polar surface area (TPSA) is 9.23 Å². The molecule has 20 heavy (non-hydrogen) atoms. The van der Waals surface area contributed by atoms with Crippen molar-refractivity contribution in [2.24, 2.45) is 0 Å². The average molecular weight is 298 g/mol. The summed E-state index contributed by atoms with van der Waals surface area (Å²) in [6, 6.07) is 25.1. The summed E-state index contributed by atoms with van der Waals surface area (Å²) >= 11 is 1.74. The Morgan fingerprint density at radius 3 is 1.85 bits per heavy atom. The fraction of sp³-hybridized carbons (Fsp3) is 0.0588. The molecular formula is C17H15OPS. The summed E-state index contributed by atoms with van der Waals surface area (Å²) in [7, 11) is -0.749. The molecular weight excluding hydrogens is 283 g/mol. The van der Waals surface area contributed by atoms with Crippen molar-refractivity contribution in [3.05, 3.63) is 83.1 Å². The molecule has 3 rings (SSSR count). The third kappa shape index (κ3) is 3.34. The highest BCUT2D eigenvalue weighted by atomic mass is 32.1. The molecule has 0 aliphatic carbocycles. The minimum Gasteiger partial charge on any atom is -0.344 e. The van der Waals surface area contributed by atoms with Crippen molar-refractivity contribution >= 4 is 30.1 Å². The molecule has 0 amide bonds. The van der Waals surface area contributed by atoms with Crippen LogP contribution in [0.2, 0.25) is 0 Å². The van der Waals surface area contributed by atoms with E-state index in [1.807, 2.05) is 12.1 Å². The molecule has 0 saturated heterocycles. The Balaban J connectivity index is 1.84. The first-order valence-electron chi connectivity index (χ1n) is 6.49. The quantitative estimate of drug-likeness (QED) is 0.638. The summed E-state index contributed by atoms with van der Waals surface area (Å²) < 4.78 is 6.23. The maximum Gasteiger partial charge on any atom is 0.0922 e. The highest BCUT2D eigenvalue weighted by Crippen LogP contribution is 2.36. The zero-order chi connectivity index (χ0) is 13.6. The molecule has 0 atom stereocenters. The first-order valence-corrected chi connectivity index (χ1v) is 8.63. The lowest BCUT2D eigenvalue weighted by atomic mass is 10.4. The summed E-state index contributed by atoms with van der Waals surface area (Å²) in [6.45, 7) is 0.674. The van der Waals surface area contributed by atoms with Crippen LogP contribution < -0.4 is 10.6 Å². The van der Waals surface area contributed by atoms with Gasteiger partial charge < -0.3 is 4.52 Å². The molecule has 0 N–H and O–H groups in total. The van der Waals surface area contributed by atoms with Crippen molar-refractivity contribution in [3.63, 3.8) is 0 Å². The van der Waals surface area contributed by atoms with Gasteiger partial charge in [0.05, 0.1) is 14.8 Å². The van der Waals surface area contributed by atoms with E-state index < -0.39 is 8.15 Å². The van der Waals surface area contributed by atoms with Gasteiger partial charge in [0.25, 0.3) is 0 Å². The molecule has 1 aromatic heterocycles. The van der Waals surface area contributed by atoms with Gasteiger partial charge in [-0.3, -0.25) is 0 Å². The van der Waals surface area contributed by atoms with Gasteiger partial charge in [0.1, 0.15) is 0 Å². The third-order valence-electron chi connectivity index (χ3n) is 2.90. The lowest BCUT2D eigenvalue weighted by Gasteiger charge is -2.18. The number of rotatable bonds is 5. The van der Waals surface area contributed by atoms with Crippen LogP contribution in [0.3, 0.4) is 0 Å². The molecule has 1 nitrogen and oxygen atoms in total. The SMILES string of the molecule is c1ccc(P(OCc2cccs2)c2ccccc2)cc1. The molecule has 2 aromatic carbocycles. The maximum absolute atomic E-state index is 6.23. The van der Waals surface area contributed by atoms with E-state index >= 15 is 0 Å². The first kappa shape index (κ1) is 13.5. The number of hydrogen-bond acceptors (Lipinski definition) is 2. The predicted molar refractivity (Wildman–Crippen MR) is 88.2 cm³/mol. The Kier molecular flexibility index (Phi) is 4.60. The van der Waals surface area contributed by atoms with Crippen LogP contribution in [0.5, 0.6) is 0 Å². The van der Waals surface area contributed by atoms with Gasteiger partial charge in [-0.05, 0) is 11.4 Å². The van der Waals surface area contributed by atoms with Gasteiger partial charge in [0, 0.05) is 15.5 Å². The van der Waals surface area contributed by atoms with Crippen molar-refractivity contribution in [2.45, 2.75) is 6.61 Å². The van der Waals surface area contributed by atoms with Gasteiger partial charge >= 0.3 is 0 Å². The van der Waals surface area contributed by atoms with Crippen LogP contribution >= 0.6 is 19.5 Å². The highest BCUT2D eigenvalue weighted by molar-refractivity contribution is 7.68. The highest BCUT2D eigenvalue weighted by Gasteiger charge is 2.14. The Labute approximate surface area is 124 Å². The van der Waals surface area contributed by atoms with E-state index in [4.69, 9.17) is 4.52 Å². The fourth-order valence-corrected chi connectivity index (χ4v) is 4.40. The van der Waals surface area contributed by atoms with E-state index in [-0.39, 0.29) is 0 Å². The largest absolute Gasteiger partial charge is 0.344 e. The minimum atomic E-state index is -0.749. The van der Waals surface area contributed by atoms with Gasteiger partial charge in [-0.2, -0.15) is 0 Å². The Morgan fingerprint density at radius 2 is 1.35 bits per heavy atom. The second kappa shape index (κ2) is 6.81. The second-order valence-electron chi connectivity index (χ2n) is 4.32. The van der Waals surface area contributed by atoms with E-state index in [0.29, 0.717) is 6.61 Å². The number of benzene rings is 2. The van der Waals surface area contributed by atoms with Crippen molar-refractivity contribution in [1.29, 1.82) is 0 Å². The van der Waals surface area contributed by atoms with Crippen LogP contribution in [-0.2, 0) is 11.1 Å². The molecule has 0 saturated carbocycles. The molecule has 1 heterocycles. The molecule has 100 valence electrons. The van der Waals surface area contributed by atoms with Crippen LogP contribution in [0.1, 0.15) is 4.88 Å². The molecule has 0 unspecified atom stereocenters. The summed E-state index contributed by atoms with van der Waals surface area (Å²) in [5.41, 5.74) is 0. The molecule has 0 fully saturated rings. The number of hydrogen-bond donors (Lipinski definition) is 0. The van der Waals surface area contributed by atoms with E-state index in [1.54, 1.807) is 11.3 Å². The summed E-state index contributed by atoms with van der Waals surface area (Å²) in [5.74, 6) is 0. The van der Waals surface area contributed by atoms with E-state index in [2.05, 4.69) is 66.0 Å². The van der Waals surface area contributed by atoms with Gasteiger partial charge in [-0.15, -0.1) is 11.3 Å². The monoisotopic (exact) mass is 298 g/mol. The van der Waals surface area contributed by atoms with E-state index in [9.17, 15) is 0 Å². The molecule has 0 radical (unpaired) electrons. The molecule has 3 heteroatoms. The molecule has 0 spiro atoms. The van der Waals surface area contributed by atoms with E-state index in [0.717, 1.165) is 0 Å².